The zero-order valence-electron chi connectivity index (χ0n) is 13.4. The van der Waals surface area contributed by atoms with Gasteiger partial charge in [0.25, 0.3) is 0 Å². The molecule has 0 radical (unpaired) electrons. The van der Waals surface area contributed by atoms with Gasteiger partial charge in [0.2, 0.25) is 0 Å². The molecule has 0 aliphatic rings. The molecule has 1 aromatic heterocycles. The third kappa shape index (κ3) is 4.38. The maximum Gasteiger partial charge on any atom is 0.0671 e. The number of hydrogen-bond acceptors (Lipinski definition) is 1. The van der Waals surface area contributed by atoms with Gasteiger partial charge in [-0.3, -0.25) is 4.68 Å². The minimum atomic E-state index is 0.0301. The monoisotopic (exact) mass is 292 g/mol. The van der Waals surface area contributed by atoms with E-state index in [9.17, 15) is 0 Å². The SMILES string of the molecule is CC.Cc1cc(Cc2ccc(Cl)cc2)nn1C(C)(C)C. The van der Waals surface area contributed by atoms with Gasteiger partial charge in [-0.2, -0.15) is 5.10 Å². The Morgan fingerprint density at radius 2 is 1.65 bits per heavy atom. The highest BCUT2D eigenvalue weighted by atomic mass is 35.5. The topological polar surface area (TPSA) is 17.8 Å². The van der Waals surface area contributed by atoms with Crippen molar-refractivity contribution in [3.8, 4) is 0 Å². The lowest BCUT2D eigenvalue weighted by molar-refractivity contribution is 0.346. The molecular weight excluding hydrogens is 268 g/mol. The van der Waals surface area contributed by atoms with E-state index in [2.05, 4.69) is 43.5 Å². The molecule has 2 nitrogen and oxygen atoms in total. The molecule has 3 heteroatoms. The van der Waals surface area contributed by atoms with Gasteiger partial charge in [0.05, 0.1) is 11.2 Å². The van der Waals surface area contributed by atoms with E-state index in [0.717, 1.165) is 17.1 Å². The average molecular weight is 293 g/mol. The van der Waals surface area contributed by atoms with Crippen molar-refractivity contribution in [2.24, 2.45) is 0 Å². The average Bonchev–Trinajstić information content (AvgIpc) is 2.76. The van der Waals surface area contributed by atoms with Crippen molar-refractivity contribution in [2.45, 2.75) is 53.5 Å². The lowest BCUT2D eigenvalue weighted by Crippen LogP contribution is -2.24. The lowest BCUT2D eigenvalue weighted by atomic mass is 10.1. The number of aryl methyl sites for hydroxylation is 1. The van der Waals surface area contributed by atoms with E-state index in [-0.39, 0.29) is 5.54 Å². The van der Waals surface area contributed by atoms with Crippen molar-refractivity contribution in [3.63, 3.8) is 0 Å². The van der Waals surface area contributed by atoms with Crippen LogP contribution in [0.5, 0.6) is 0 Å². The van der Waals surface area contributed by atoms with Crippen LogP contribution in [0.4, 0.5) is 0 Å². The van der Waals surface area contributed by atoms with Crippen LogP contribution in [0.25, 0.3) is 0 Å². The molecule has 2 aromatic rings. The van der Waals surface area contributed by atoms with Gasteiger partial charge in [0.1, 0.15) is 0 Å². The highest BCUT2D eigenvalue weighted by molar-refractivity contribution is 6.30. The molecule has 1 heterocycles. The summed E-state index contributed by atoms with van der Waals surface area (Å²) in [5.41, 5.74) is 3.57. The van der Waals surface area contributed by atoms with Crippen LogP contribution in [0.15, 0.2) is 30.3 Å². The zero-order chi connectivity index (χ0) is 15.3. The highest BCUT2D eigenvalue weighted by Gasteiger charge is 2.17. The second-order valence-corrected chi connectivity index (χ2v) is 6.10. The standard InChI is InChI=1S/C15H19ClN2.C2H6/c1-11-9-14(17-18(11)15(2,3)4)10-12-5-7-13(16)8-6-12;1-2/h5-9H,10H2,1-4H3;1-2H3. The Balaban J connectivity index is 0.000000956. The van der Waals surface area contributed by atoms with Crippen molar-refractivity contribution in [3.05, 3.63) is 52.3 Å². The summed E-state index contributed by atoms with van der Waals surface area (Å²) >= 11 is 5.88. The smallest absolute Gasteiger partial charge is 0.0671 e. The van der Waals surface area contributed by atoms with Gasteiger partial charge in [-0.25, -0.2) is 0 Å². The van der Waals surface area contributed by atoms with Gasteiger partial charge in [-0.15, -0.1) is 0 Å². The second-order valence-electron chi connectivity index (χ2n) is 5.66. The van der Waals surface area contributed by atoms with Gasteiger partial charge in [0.15, 0.2) is 0 Å². The molecule has 0 saturated carbocycles. The fourth-order valence-electron chi connectivity index (χ4n) is 2.12. The van der Waals surface area contributed by atoms with E-state index < -0.39 is 0 Å². The molecule has 0 spiro atoms. The zero-order valence-corrected chi connectivity index (χ0v) is 14.1. The number of benzene rings is 1. The number of halogens is 1. The third-order valence-electron chi connectivity index (χ3n) is 2.87. The summed E-state index contributed by atoms with van der Waals surface area (Å²) in [6, 6.07) is 10.1. The third-order valence-corrected chi connectivity index (χ3v) is 3.12. The van der Waals surface area contributed by atoms with E-state index in [1.165, 1.54) is 11.3 Å². The summed E-state index contributed by atoms with van der Waals surface area (Å²) in [7, 11) is 0. The molecule has 0 amide bonds. The highest BCUT2D eigenvalue weighted by Crippen LogP contribution is 2.19. The molecule has 1 aromatic carbocycles. The molecule has 20 heavy (non-hydrogen) atoms. The van der Waals surface area contributed by atoms with E-state index >= 15 is 0 Å². The van der Waals surface area contributed by atoms with E-state index in [0.29, 0.717) is 0 Å². The predicted octanol–water partition coefficient (Wildman–Crippen LogP) is 5.22. The molecule has 0 saturated heterocycles. The van der Waals surface area contributed by atoms with Crippen LogP contribution in [0, 0.1) is 6.92 Å². The first-order chi connectivity index (χ1) is 9.36. The van der Waals surface area contributed by atoms with Crippen molar-refractivity contribution >= 4 is 11.6 Å². The molecule has 0 fully saturated rings. The summed E-state index contributed by atoms with van der Waals surface area (Å²) in [5, 5.41) is 5.46. The lowest BCUT2D eigenvalue weighted by Gasteiger charge is -2.21. The maximum absolute atomic E-state index is 5.88. The first kappa shape index (κ1) is 16.8. The summed E-state index contributed by atoms with van der Waals surface area (Å²) < 4.78 is 2.08. The van der Waals surface area contributed by atoms with Crippen molar-refractivity contribution in [2.75, 3.05) is 0 Å². The molecule has 0 aliphatic carbocycles. The molecule has 0 atom stereocenters. The van der Waals surface area contributed by atoms with Crippen LogP contribution >= 0.6 is 11.6 Å². The molecular formula is C17H25ClN2. The quantitative estimate of drug-likeness (QED) is 0.742. The van der Waals surface area contributed by atoms with Crippen LogP contribution in [0.1, 0.15) is 51.6 Å². The molecule has 0 unspecified atom stereocenters. The van der Waals surface area contributed by atoms with Crippen molar-refractivity contribution in [1.82, 2.24) is 9.78 Å². The Kier molecular flexibility index (Phi) is 5.82. The number of aromatic nitrogens is 2. The molecule has 0 N–H and O–H groups in total. The van der Waals surface area contributed by atoms with Gasteiger partial charge < -0.3 is 0 Å². The second kappa shape index (κ2) is 6.94. The first-order valence-electron chi connectivity index (χ1n) is 7.17. The van der Waals surface area contributed by atoms with E-state index in [1.54, 1.807) is 0 Å². The number of nitrogens with zero attached hydrogens (tertiary/aromatic N) is 2. The summed E-state index contributed by atoms with van der Waals surface area (Å²) in [6.07, 6.45) is 0.848. The van der Waals surface area contributed by atoms with Crippen molar-refractivity contribution < 1.29 is 0 Å². The van der Waals surface area contributed by atoms with Gasteiger partial charge in [-0.1, -0.05) is 37.6 Å². The van der Waals surface area contributed by atoms with Crippen LogP contribution in [0.3, 0.4) is 0 Å². The van der Waals surface area contributed by atoms with Crippen molar-refractivity contribution in [1.29, 1.82) is 0 Å². The summed E-state index contributed by atoms with van der Waals surface area (Å²) in [4.78, 5) is 0. The Hall–Kier alpha value is -1.28. The molecule has 2 rings (SSSR count). The maximum atomic E-state index is 5.88. The molecule has 0 aliphatic heterocycles. The fraction of sp³-hybridized carbons (Fsp3) is 0.471. The normalized spacial score (nSPS) is 10.9. The van der Waals surface area contributed by atoms with Crippen LogP contribution in [-0.2, 0) is 12.0 Å². The Morgan fingerprint density at radius 1 is 1.10 bits per heavy atom. The Morgan fingerprint density at radius 3 is 2.10 bits per heavy atom. The number of rotatable bonds is 2. The minimum absolute atomic E-state index is 0.0301. The van der Waals surface area contributed by atoms with Gasteiger partial charge in [-0.05, 0) is 51.5 Å². The summed E-state index contributed by atoms with van der Waals surface area (Å²) in [5.74, 6) is 0. The van der Waals surface area contributed by atoms with Crippen LogP contribution in [-0.4, -0.2) is 9.78 Å². The summed E-state index contributed by atoms with van der Waals surface area (Å²) in [6.45, 7) is 12.6. The largest absolute Gasteiger partial charge is 0.264 e. The van der Waals surface area contributed by atoms with E-state index in [4.69, 9.17) is 11.6 Å². The van der Waals surface area contributed by atoms with Crippen LogP contribution in [0.2, 0.25) is 5.02 Å². The predicted molar refractivity (Wildman–Crippen MR) is 87.6 cm³/mol. The minimum Gasteiger partial charge on any atom is -0.264 e. The van der Waals surface area contributed by atoms with Crippen LogP contribution < -0.4 is 0 Å². The van der Waals surface area contributed by atoms with Gasteiger partial charge in [0, 0.05) is 17.1 Å². The Labute approximate surface area is 127 Å². The fourth-order valence-corrected chi connectivity index (χ4v) is 2.24. The van der Waals surface area contributed by atoms with E-state index in [1.807, 2.05) is 38.1 Å². The molecule has 110 valence electrons. The number of hydrogen-bond donors (Lipinski definition) is 0. The first-order valence-corrected chi connectivity index (χ1v) is 7.54. The Bertz CT molecular complexity index is 533. The molecule has 0 bridgehead atoms. The van der Waals surface area contributed by atoms with Gasteiger partial charge >= 0.3 is 0 Å².